The topological polar surface area (TPSA) is 15.3 Å². The number of hydrogen-bond acceptors (Lipinski definition) is 2. The maximum absolute atomic E-state index is 13.7. The Hall–Kier alpha value is -0.450. The summed E-state index contributed by atoms with van der Waals surface area (Å²) in [4.78, 5) is 2.48. The highest BCUT2D eigenvalue weighted by Gasteiger charge is 2.26. The lowest BCUT2D eigenvalue weighted by atomic mass is 9.90. The van der Waals surface area contributed by atoms with E-state index in [1.165, 1.54) is 6.07 Å². The minimum Gasteiger partial charge on any atom is -0.314 e. The first-order valence-corrected chi connectivity index (χ1v) is 7.82. The van der Waals surface area contributed by atoms with Crippen molar-refractivity contribution in [3.8, 4) is 0 Å². The van der Waals surface area contributed by atoms with Crippen LogP contribution in [0.15, 0.2) is 22.7 Å². The van der Waals surface area contributed by atoms with Crippen LogP contribution in [0, 0.1) is 11.7 Å². The van der Waals surface area contributed by atoms with E-state index in [0.717, 1.165) is 42.6 Å². The van der Waals surface area contributed by atoms with E-state index in [0.29, 0.717) is 12.0 Å². The zero-order valence-corrected chi connectivity index (χ0v) is 13.2. The van der Waals surface area contributed by atoms with Crippen LogP contribution in [0.5, 0.6) is 0 Å². The smallest absolute Gasteiger partial charge is 0.124 e. The van der Waals surface area contributed by atoms with Gasteiger partial charge >= 0.3 is 0 Å². The van der Waals surface area contributed by atoms with Gasteiger partial charge in [-0.2, -0.15) is 0 Å². The van der Waals surface area contributed by atoms with Crippen LogP contribution < -0.4 is 5.32 Å². The largest absolute Gasteiger partial charge is 0.314 e. The van der Waals surface area contributed by atoms with Gasteiger partial charge in [0.05, 0.1) is 0 Å². The van der Waals surface area contributed by atoms with Crippen LogP contribution in [-0.4, -0.2) is 31.1 Å². The van der Waals surface area contributed by atoms with E-state index in [1.54, 1.807) is 6.07 Å². The number of rotatable bonds is 4. The third-order valence-corrected chi connectivity index (χ3v) is 4.41. The number of nitrogens with zero attached hydrogens (tertiary/aromatic N) is 1. The van der Waals surface area contributed by atoms with E-state index in [1.807, 2.05) is 0 Å². The van der Waals surface area contributed by atoms with Crippen LogP contribution in [0.3, 0.4) is 0 Å². The van der Waals surface area contributed by atoms with E-state index < -0.39 is 0 Å². The Bertz CT molecular complexity index is 398. The standard InChI is InChI=1S/C15H22BrFN2/c1-3-11(2)15(19-6-4-18-5-7-19)12-8-13(16)10-14(17)9-12/h8-11,15,18H,3-7H2,1-2H3/t11?,15-/m0/s1. The molecule has 0 radical (unpaired) electrons. The van der Waals surface area contributed by atoms with Crippen molar-refractivity contribution in [2.24, 2.45) is 5.92 Å². The molecule has 1 fully saturated rings. The maximum atomic E-state index is 13.7. The fraction of sp³-hybridized carbons (Fsp3) is 0.600. The quantitative estimate of drug-likeness (QED) is 0.908. The molecule has 1 saturated heterocycles. The molecule has 1 unspecified atom stereocenters. The number of halogens is 2. The molecule has 2 rings (SSSR count). The Morgan fingerprint density at radius 2 is 2.00 bits per heavy atom. The lowest BCUT2D eigenvalue weighted by Crippen LogP contribution is -2.46. The van der Waals surface area contributed by atoms with Crippen molar-refractivity contribution in [1.82, 2.24) is 10.2 Å². The Balaban J connectivity index is 2.30. The molecule has 4 heteroatoms. The molecule has 1 aliphatic rings. The average Bonchev–Trinajstić information content (AvgIpc) is 2.39. The summed E-state index contributed by atoms with van der Waals surface area (Å²) >= 11 is 3.41. The average molecular weight is 329 g/mol. The second-order valence-electron chi connectivity index (χ2n) is 5.32. The van der Waals surface area contributed by atoms with E-state index in [2.05, 4.69) is 46.1 Å². The maximum Gasteiger partial charge on any atom is 0.124 e. The van der Waals surface area contributed by atoms with Crippen molar-refractivity contribution in [2.45, 2.75) is 26.3 Å². The van der Waals surface area contributed by atoms with Gasteiger partial charge in [-0.3, -0.25) is 4.90 Å². The first kappa shape index (κ1) is 14.9. The predicted octanol–water partition coefficient (Wildman–Crippen LogP) is 3.58. The highest BCUT2D eigenvalue weighted by atomic mass is 79.9. The Morgan fingerprint density at radius 3 is 2.58 bits per heavy atom. The van der Waals surface area contributed by atoms with Crippen molar-refractivity contribution in [3.63, 3.8) is 0 Å². The van der Waals surface area contributed by atoms with Crippen LogP contribution >= 0.6 is 15.9 Å². The molecule has 2 atom stereocenters. The van der Waals surface area contributed by atoms with E-state index >= 15 is 0 Å². The molecule has 1 aromatic carbocycles. The fourth-order valence-corrected chi connectivity index (χ4v) is 3.31. The van der Waals surface area contributed by atoms with Gasteiger partial charge in [0.1, 0.15) is 5.82 Å². The molecule has 0 aromatic heterocycles. The molecule has 0 aliphatic carbocycles. The van der Waals surface area contributed by atoms with E-state index in [-0.39, 0.29) is 5.82 Å². The molecule has 2 nitrogen and oxygen atoms in total. The molecule has 0 bridgehead atoms. The predicted molar refractivity (Wildman–Crippen MR) is 80.7 cm³/mol. The molecule has 19 heavy (non-hydrogen) atoms. The van der Waals surface area contributed by atoms with E-state index in [4.69, 9.17) is 0 Å². The van der Waals surface area contributed by atoms with Crippen molar-refractivity contribution in [1.29, 1.82) is 0 Å². The Labute approximate surface area is 123 Å². The molecule has 0 saturated carbocycles. The van der Waals surface area contributed by atoms with Crippen molar-refractivity contribution in [3.05, 3.63) is 34.1 Å². The second-order valence-corrected chi connectivity index (χ2v) is 6.23. The molecule has 0 spiro atoms. The van der Waals surface area contributed by atoms with Gasteiger partial charge in [-0.25, -0.2) is 4.39 Å². The van der Waals surface area contributed by atoms with Crippen molar-refractivity contribution < 1.29 is 4.39 Å². The summed E-state index contributed by atoms with van der Waals surface area (Å²) in [6.07, 6.45) is 1.10. The van der Waals surface area contributed by atoms with Crippen molar-refractivity contribution >= 4 is 15.9 Å². The summed E-state index contributed by atoms with van der Waals surface area (Å²) < 4.78 is 14.5. The highest BCUT2D eigenvalue weighted by molar-refractivity contribution is 9.10. The monoisotopic (exact) mass is 328 g/mol. The fourth-order valence-electron chi connectivity index (χ4n) is 2.83. The van der Waals surface area contributed by atoms with Gasteiger partial charge in [-0.1, -0.05) is 36.2 Å². The molecule has 0 amide bonds. The lowest BCUT2D eigenvalue weighted by Gasteiger charge is -2.38. The Kier molecular flexibility index (Phi) is 5.37. The van der Waals surface area contributed by atoms with Crippen LogP contribution in [0.4, 0.5) is 4.39 Å². The summed E-state index contributed by atoms with van der Waals surface area (Å²) in [6, 6.07) is 5.57. The summed E-state index contributed by atoms with van der Waals surface area (Å²) in [5.74, 6) is 0.361. The molecule has 1 heterocycles. The SMILES string of the molecule is CCC(C)[C@@H](c1cc(F)cc(Br)c1)N1CCNCC1. The van der Waals surface area contributed by atoms with Crippen molar-refractivity contribution in [2.75, 3.05) is 26.2 Å². The van der Waals surface area contributed by atoms with Gasteiger partial charge < -0.3 is 5.32 Å². The molecule has 1 aromatic rings. The summed E-state index contributed by atoms with van der Waals surface area (Å²) in [5, 5.41) is 3.38. The van der Waals surface area contributed by atoms with Gasteiger partial charge in [0.25, 0.3) is 0 Å². The first-order valence-electron chi connectivity index (χ1n) is 7.02. The summed E-state index contributed by atoms with van der Waals surface area (Å²) in [6.45, 7) is 8.55. The third-order valence-electron chi connectivity index (χ3n) is 3.95. The van der Waals surface area contributed by atoms with Gasteiger partial charge in [-0.05, 0) is 29.7 Å². The lowest BCUT2D eigenvalue weighted by molar-refractivity contribution is 0.128. The van der Waals surface area contributed by atoms with Crippen LogP contribution in [0.2, 0.25) is 0 Å². The zero-order chi connectivity index (χ0) is 13.8. The molecular weight excluding hydrogens is 307 g/mol. The molecule has 1 N–H and O–H groups in total. The van der Waals surface area contributed by atoms with Crippen LogP contribution in [0.25, 0.3) is 0 Å². The Morgan fingerprint density at radius 1 is 1.32 bits per heavy atom. The molecule has 1 aliphatic heterocycles. The van der Waals surface area contributed by atoms with Crippen LogP contribution in [0.1, 0.15) is 31.9 Å². The first-order chi connectivity index (χ1) is 9.11. The molecule has 106 valence electrons. The number of benzene rings is 1. The normalized spacial score (nSPS) is 20.2. The number of hydrogen-bond donors (Lipinski definition) is 1. The van der Waals surface area contributed by atoms with E-state index in [9.17, 15) is 4.39 Å². The second kappa shape index (κ2) is 6.82. The highest BCUT2D eigenvalue weighted by Crippen LogP contribution is 2.32. The van der Waals surface area contributed by atoms with Gasteiger partial charge in [0.15, 0.2) is 0 Å². The number of piperazine rings is 1. The van der Waals surface area contributed by atoms with Gasteiger partial charge in [0, 0.05) is 36.7 Å². The van der Waals surface area contributed by atoms with Crippen LogP contribution in [-0.2, 0) is 0 Å². The number of nitrogens with one attached hydrogen (secondary N) is 1. The molecular formula is C15H22BrFN2. The van der Waals surface area contributed by atoms with Gasteiger partial charge in [0.2, 0.25) is 0 Å². The minimum absolute atomic E-state index is 0.159. The minimum atomic E-state index is -0.159. The third kappa shape index (κ3) is 3.77. The van der Waals surface area contributed by atoms with Gasteiger partial charge in [-0.15, -0.1) is 0 Å². The summed E-state index contributed by atoms with van der Waals surface area (Å²) in [5.41, 5.74) is 1.09. The summed E-state index contributed by atoms with van der Waals surface area (Å²) in [7, 11) is 0. The zero-order valence-electron chi connectivity index (χ0n) is 11.6.